The van der Waals surface area contributed by atoms with Crippen molar-refractivity contribution < 1.29 is 4.39 Å². The first kappa shape index (κ1) is 33.3. The molecule has 2 aromatic heterocycles. The summed E-state index contributed by atoms with van der Waals surface area (Å²) in [4.78, 5) is 7.11. The normalized spacial score (nSPS) is 15.0. The third kappa shape index (κ3) is 7.13. The zero-order valence-corrected chi connectivity index (χ0v) is 28.9. The van der Waals surface area contributed by atoms with Gasteiger partial charge >= 0.3 is 0 Å². The number of pyridine rings is 1. The SMILES string of the molecule is CC(C)(C)N1CCC(n2cc([C@@H](Nc3cc(Cl)cc4c(Nc5cc(Cl)c(Cl)cc5F)c(C#N)cnc34)c3ccc(Cl)cc3)nn2)CC1. The number of hydrogen-bond acceptors (Lipinski definition) is 7. The van der Waals surface area contributed by atoms with Gasteiger partial charge < -0.3 is 10.6 Å². The van der Waals surface area contributed by atoms with Crippen molar-refractivity contribution in [3.8, 4) is 6.07 Å². The molecule has 3 aromatic carbocycles. The van der Waals surface area contributed by atoms with E-state index in [1.54, 1.807) is 12.1 Å². The number of nitrogens with zero attached hydrogens (tertiary/aromatic N) is 6. The predicted octanol–water partition coefficient (Wildman–Crippen LogP) is 9.83. The molecule has 0 unspecified atom stereocenters. The van der Waals surface area contributed by atoms with E-state index in [0.29, 0.717) is 38.0 Å². The van der Waals surface area contributed by atoms with E-state index in [1.165, 1.54) is 12.3 Å². The van der Waals surface area contributed by atoms with Gasteiger partial charge in [0.2, 0.25) is 0 Å². The van der Waals surface area contributed by atoms with E-state index in [-0.39, 0.29) is 32.9 Å². The zero-order valence-electron chi connectivity index (χ0n) is 25.8. The van der Waals surface area contributed by atoms with Gasteiger partial charge in [0, 0.05) is 40.3 Å². The van der Waals surface area contributed by atoms with E-state index in [4.69, 9.17) is 46.4 Å². The van der Waals surface area contributed by atoms with E-state index >= 15 is 0 Å². The molecule has 0 aliphatic carbocycles. The summed E-state index contributed by atoms with van der Waals surface area (Å²) >= 11 is 25.1. The smallest absolute Gasteiger partial charge is 0.148 e. The van der Waals surface area contributed by atoms with Crippen molar-refractivity contribution in [2.45, 2.75) is 51.2 Å². The number of nitriles is 1. The molecule has 1 fully saturated rings. The number of halogens is 5. The van der Waals surface area contributed by atoms with Crippen LogP contribution in [0.15, 0.2) is 60.9 Å². The fourth-order valence-corrected chi connectivity index (χ4v) is 6.55. The first-order valence-electron chi connectivity index (χ1n) is 15.0. The van der Waals surface area contributed by atoms with Crippen molar-refractivity contribution in [1.29, 1.82) is 5.26 Å². The Morgan fingerprint density at radius 1 is 0.957 bits per heavy atom. The molecule has 0 spiro atoms. The lowest BCUT2D eigenvalue weighted by molar-refractivity contribution is 0.0866. The lowest BCUT2D eigenvalue weighted by atomic mass is 9.98. The number of likely N-dealkylation sites (tertiary alicyclic amines) is 1. The van der Waals surface area contributed by atoms with Crippen LogP contribution in [0.4, 0.5) is 21.5 Å². The summed E-state index contributed by atoms with van der Waals surface area (Å²) < 4.78 is 16.9. The molecule has 8 nitrogen and oxygen atoms in total. The Morgan fingerprint density at radius 3 is 2.34 bits per heavy atom. The van der Waals surface area contributed by atoms with Crippen molar-refractivity contribution in [3.63, 3.8) is 0 Å². The van der Waals surface area contributed by atoms with Gasteiger partial charge in [-0.2, -0.15) is 5.26 Å². The van der Waals surface area contributed by atoms with Gasteiger partial charge in [-0.25, -0.2) is 9.07 Å². The van der Waals surface area contributed by atoms with Crippen molar-refractivity contribution in [2.24, 2.45) is 0 Å². The minimum absolute atomic E-state index is 0.0434. The summed E-state index contributed by atoms with van der Waals surface area (Å²) in [7, 11) is 0. The molecule has 0 radical (unpaired) electrons. The second kappa shape index (κ2) is 13.5. The number of anilines is 3. The summed E-state index contributed by atoms with van der Waals surface area (Å²) in [6, 6.07) is 15.3. The number of fused-ring (bicyclic) bond motifs is 1. The van der Waals surface area contributed by atoms with Crippen LogP contribution in [0.1, 0.15) is 62.5 Å². The van der Waals surface area contributed by atoms with Crippen LogP contribution in [0.5, 0.6) is 0 Å². The molecule has 6 rings (SSSR count). The van der Waals surface area contributed by atoms with Crippen molar-refractivity contribution in [2.75, 3.05) is 23.7 Å². The molecule has 13 heteroatoms. The molecule has 2 N–H and O–H groups in total. The molecular formula is C34H31Cl4FN8. The average molecular weight is 712 g/mol. The van der Waals surface area contributed by atoms with Crippen LogP contribution < -0.4 is 10.6 Å². The van der Waals surface area contributed by atoms with Crippen LogP contribution in [0, 0.1) is 17.1 Å². The Hall–Kier alpha value is -3.65. The van der Waals surface area contributed by atoms with E-state index < -0.39 is 11.9 Å². The second-order valence-corrected chi connectivity index (χ2v) is 14.2. The summed E-state index contributed by atoms with van der Waals surface area (Å²) in [5, 5.41) is 27.4. The number of hydrogen-bond donors (Lipinski definition) is 2. The highest BCUT2D eigenvalue weighted by atomic mass is 35.5. The Kier molecular flexibility index (Phi) is 9.52. The maximum Gasteiger partial charge on any atom is 0.148 e. The van der Waals surface area contributed by atoms with Crippen LogP contribution in [-0.2, 0) is 0 Å². The fraction of sp³-hybridized carbons (Fsp3) is 0.294. The quantitative estimate of drug-likeness (QED) is 0.162. The van der Waals surface area contributed by atoms with E-state index in [9.17, 15) is 9.65 Å². The van der Waals surface area contributed by atoms with Crippen LogP contribution in [0.3, 0.4) is 0 Å². The molecule has 0 amide bonds. The molecule has 1 aliphatic rings. The molecule has 1 saturated heterocycles. The predicted molar refractivity (Wildman–Crippen MR) is 188 cm³/mol. The third-order valence-corrected chi connectivity index (χ3v) is 9.63. The first-order chi connectivity index (χ1) is 22.4. The lowest BCUT2D eigenvalue weighted by Crippen LogP contribution is -2.46. The van der Waals surface area contributed by atoms with E-state index in [1.807, 2.05) is 35.1 Å². The van der Waals surface area contributed by atoms with Gasteiger partial charge in [-0.3, -0.25) is 9.88 Å². The Morgan fingerprint density at radius 2 is 1.66 bits per heavy atom. The fourth-order valence-electron chi connectivity index (χ4n) is 5.89. The molecule has 242 valence electrons. The number of piperidine rings is 1. The Balaban J connectivity index is 1.39. The van der Waals surface area contributed by atoms with Crippen molar-refractivity contribution in [1.82, 2.24) is 24.9 Å². The lowest BCUT2D eigenvalue weighted by Gasteiger charge is -2.40. The van der Waals surface area contributed by atoms with Crippen molar-refractivity contribution >= 4 is 74.4 Å². The summed E-state index contributed by atoms with van der Waals surface area (Å²) in [6.07, 6.45) is 5.35. The molecule has 47 heavy (non-hydrogen) atoms. The molecule has 1 aliphatic heterocycles. The maximum absolute atomic E-state index is 14.9. The van der Waals surface area contributed by atoms with Gasteiger partial charge in [-0.05, 0) is 75.6 Å². The average Bonchev–Trinajstić information content (AvgIpc) is 3.53. The molecule has 1 atom stereocenters. The minimum Gasteiger partial charge on any atom is -0.371 e. The zero-order chi connectivity index (χ0) is 33.5. The van der Waals surface area contributed by atoms with Crippen LogP contribution >= 0.6 is 46.4 Å². The van der Waals surface area contributed by atoms with Crippen LogP contribution in [0.25, 0.3) is 10.9 Å². The maximum atomic E-state index is 14.9. The number of nitrogens with one attached hydrogen (secondary N) is 2. The van der Waals surface area contributed by atoms with Gasteiger partial charge in [0.25, 0.3) is 0 Å². The highest BCUT2D eigenvalue weighted by molar-refractivity contribution is 6.42. The van der Waals surface area contributed by atoms with Gasteiger partial charge in [0.1, 0.15) is 17.6 Å². The number of aromatic nitrogens is 4. The Labute approximate surface area is 292 Å². The van der Waals surface area contributed by atoms with Crippen LogP contribution in [-0.4, -0.2) is 43.5 Å². The van der Waals surface area contributed by atoms with Gasteiger partial charge in [-0.1, -0.05) is 63.7 Å². The van der Waals surface area contributed by atoms with Crippen molar-refractivity contribution in [3.05, 3.63) is 104 Å². The monoisotopic (exact) mass is 710 g/mol. The number of rotatable bonds is 7. The summed E-state index contributed by atoms with van der Waals surface area (Å²) in [5.41, 5.74) is 3.32. The Bertz CT molecular complexity index is 1980. The molecule has 5 aromatic rings. The molecule has 0 saturated carbocycles. The van der Waals surface area contributed by atoms with Crippen LogP contribution in [0.2, 0.25) is 20.1 Å². The third-order valence-electron chi connectivity index (χ3n) is 8.44. The summed E-state index contributed by atoms with van der Waals surface area (Å²) in [6.45, 7) is 8.68. The topological polar surface area (TPSA) is 94.7 Å². The first-order valence-corrected chi connectivity index (χ1v) is 16.5. The van der Waals surface area contributed by atoms with E-state index in [0.717, 1.165) is 37.6 Å². The minimum atomic E-state index is -0.636. The molecule has 3 heterocycles. The highest BCUT2D eigenvalue weighted by Gasteiger charge is 2.29. The molecule has 0 bridgehead atoms. The van der Waals surface area contributed by atoms with E-state index in [2.05, 4.69) is 57.7 Å². The number of benzene rings is 3. The summed E-state index contributed by atoms with van der Waals surface area (Å²) in [5.74, 6) is -0.636. The molecular weight excluding hydrogens is 681 g/mol. The second-order valence-electron chi connectivity index (χ2n) is 12.5. The standard InChI is InChI=1S/C34H31Cl4FN8/c1-34(2,3)46-10-8-23(9-11-46)47-18-30(44-45-47)32(19-4-6-21(35)7-5-19)43-29-13-22(36)12-24-31(20(16-40)17-41-33(24)29)42-28-15-26(38)25(37)14-27(28)39/h4-7,12-15,17-18,23,32,43H,8-11H2,1-3H3,(H,41,42)/t32-/m0/s1. The van der Waals surface area contributed by atoms with Gasteiger partial charge in [0.15, 0.2) is 0 Å². The largest absolute Gasteiger partial charge is 0.371 e. The van der Waals surface area contributed by atoms with Gasteiger partial charge in [0.05, 0.1) is 56.5 Å². The highest BCUT2D eigenvalue weighted by Crippen LogP contribution is 2.39. The van der Waals surface area contributed by atoms with Gasteiger partial charge in [-0.15, -0.1) is 5.10 Å².